The van der Waals surface area contributed by atoms with Gasteiger partial charge in [-0.3, -0.25) is 0 Å². The third-order valence-corrected chi connectivity index (χ3v) is 6.24. The number of sulfone groups is 1. The first-order valence-electron chi connectivity index (χ1n) is 8.71. The highest BCUT2D eigenvalue weighted by Crippen LogP contribution is 2.27. The number of rotatable bonds is 4. The molecule has 1 aromatic heterocycles. The van der Waals surface area contributed by atoms with Gasteiger partial charge in [0.1, 0.15) is 11.6 Å². The van der Waals surface area contributed by atoms with E-state index in [1.165, 1.54) is 17.5 Å². The number of aromatic nitrogens is 3. The lowest BCUT2D eigenvalue weighted by atomic mass is 10.00. The average molecular weight is 377 g/mol. The van der Waals surface area contributed by atoms with Crippen LogP contribution in [-0.4, -0.2) is 42.1 Å². The van der Waals surface area contributed by atoms with Crippen molar-refractivity contribution in [2.24, 2.45) is 5.92 Å². The highest BCUT2D eigenvalue weighted by molar-refractivity contribution is 7.94. The van der Waals surface area contributed by atoms with Gasteiger partial charge in [-0.2, -0.15) is 5.10 Å². The molecule has 1 saturated heterocycles. The summed E-state index contributed by atoms with van der Waals surface area (Å²) in [4.78, 5) is 4.70. The van der Waals surface area contributed by atoms with Gasteiger partial charge in [0.2, 0.25) is 0 Å². The van der Waals surface area contributed by atoms with Gasteiger partial charge in [0.25, 0.3) is 0 Å². The summed E-state index contributed by atoms with van der Waals surface area (Å²) in [6, 6.07) is 6.19. The molecule has 1 unspecified atom stereocenters. The van der Waals surface area contributed by atoms with E-state index in [1.807, 2.05) is 0 Å². The second-order valence-corrected chi connectivity index (χ2v) is 8.72. The highest BCUT2D eigenvalue weighted by atomic mass is 32.2. The van der Waals surface area contributed by atoms with Crippen LogP contribution in [0.5, 0.6) is 0 Å². The Labute approximate surface area is 151 Å². The van der Waals surface area contributed by atoms with Gasteiger partial charge in [0.05, 0.1) is 11.4 Å². The fourth-order valence-corrected chi connectivity index (χ4v) is 4.84. The molecule has 0 radical (unpaired) electrons. The normalized spacial score (nSPS) is 22.7. The molecule has 1 aromatic carbocycles. The molecule has 4 rings (SSSR count). The van der Waals surface area contributed by atoms with Crippen molar-refractivity contribution < 1.29 is 17.5 Å². The van der Waals surface area contributed by atoms with Gasteiger partial charge < -0.3 is 4.74 Å². The Hall–Kier alpha value is -2.06. The summed E-state index contributed by atoms with van der Waals surface area (Å²) < 4.78 is 44.1. The van der Waals surface area contributed by atoms with E-state index in [-0.39, 0.29) is 23.4 Å². The quantitative estimate of drug-likeness (QED) is 0.818. The molecule has 0 spiro atoms. The van der Waals surface area contributed by atoms with Crippen molar-refractivity contribution in [2.75, 3.05) is 19.0 Å². The van der Waals surface area contributed by atoms with E-state index in [2.05, 4.69) is 5.10 Å². The van der Waals surface area contributed by atoms with Crippen LogP contribution in [-0.2, 0) is 21.0 Å². The molecular weight excluding hydrogens is 357 g/mol. The molecule has 0 saturated carbocycles. The first kappa shape index (κ1) is 17.4. The molecule has 0 N–H and O–H groups in total. The number of halogens is 1. The zero-order valence-electron chi connectivity index (χ0n) is 14.2. The molecule has 1 fully saturated rings. The fourth-order valence-electron chi connectivity index (χ4n) is 3.44. The molecule has 2 aliphatic rings. The maximum Gasteiger partial charge on any atom is 0.171 e. The molecule has 0 aliphatic carbocycles. The summed E-state index contributed by atoms with van der Waals surface area (Å²) in [6.07, 6.45) is 3.85. The van der Waals surface area contributed by atoms with Crippen LogP contribution in [0.4, 0.5) is 4.39 Å². The number of allylic oxidation sites excluding steroid dienone is 1. The van der Waals surface area contributed by atoms with Gasteiger partial charge in [-0.25, -0.2) is 22.5 Å². The predicted octanol–water partition coefficient (Wildman–Crippen LogP) is 2.40. The van der Waals surface area contributed by atoms with Gasteiger partial charge in [0, 0.05) is 31.0 Å². The van der Waals surface area contributed by atoms with Gasteiger partial charge in [-0.05, 0) is 37.0 Å². The molecule has 138 valence electrons. The molecule has 0 amide bonds. The topological polar surface area (TPSA) is 74.1 Å². The lowest BCUT2D eigenvalue weighted by Crippen LogP contribution is -2.15. The maximum absolute atomic E-state index is 13.7. The van der Waals surface area contributed by atoms with E-state index in [9.17, 15) is 12.8 Å². The summed E-state index contributed by atoms with van der Waals surface area (Å²) in [5, 5.41) is 5.90. The third kappa shape index (κ3) is 3.71. The molecule has 2 aliphatic heterocycles. The van der Waals surface area contributed by atoms with E-state index in [1.54, 1.807) is 22.9 Å². The lowest BCUT2D eigenvalue weighted by molar-refractivity contribution is 0.0836. The molecule has 3 heterocycles. The van der Waals surface area contributed by atoms with E-state index in [0.29, 0.717) is 31.1 Å². The Morgan fingerprint density at radius 3 is 2.77 bits per heavy atom. The van der Waals surface area contributed by atoms with Gasteiger partial charge in [0.15, 0.2) is 15.7 Å². The highest BCUT2D eigenvalue weighted by Gasteiger charge is 2.27. The second kappa shape index (κ2) is 6.92. The van der Waals surface area contributed by atoms with Crippen molar-refractivity contribution >= 4 is 9.84 Å². The molecule has 6 nitrogen and oxygen atoms in total. The van der Waals surface area contributed by atoms with Crippen LogP contribution in [0.2, 0.25) is 0 Å². The Morgan fingerprint density at radius 1 is 1.27 bits per heavy atom. The first-order chi connectivity index (χ1) is 12.5. The van der Waals surface area contributed by atoms with E-state index < -0.39 is 9.84 Å². The molecule has 2 aromatic rings. The number of hydrogen-bond donors (Lipinski definition) is 0. The summed E-state index contributed by atoms with van der Waals surface area (Å²) in [5.41, 5.74) is 0.593. The number of ether oxygens (including phenoxy) is 1. The molecule has 0 bridgehead atoms. The minimum absolute atomic E-state index is 0.0790. The van der Waals surface area contributed by atoms with Crippen LogP contribution in [0.25, 0.3) is 5.69 Å². The van der Waals surface area contributed by atoms with Crippen LogP contribution in [0.1, 0.15) is 30.4 Å². The molecule has 1 atom stereocenters. The third-order valence-electron chi connectivity index (χ3n) is 4.78. The standard InChI is InChI=1S/C18H20FN3O3S/c19-15-2-1-3-16(11-15)22-17(10-13-6-9-26(23,24)12-13)20-18(21-22)14-4-7-25-8-5-14/h1-3,6,9,11,13-14H,4-5,7-8,10,12H2. The Bertz CT molecular complexity index is 933. The SMILES string of the molecule is O=S1(=O)C=CC(Cc2nc(C3CCOCC3)nn2-c2cccc(F)c2)C1. The van der Waals surface area contributed by atoms with Crippen LogP contribution in [0.15, 0.2) is 35.7 Å². The van der Waals surface area contributed by atoms with Crippen molar-refractivity contribution in [3.63, 3.8) is 0 Å². The zero-order valence-corrected chi connectivity index (χ0v) is 15.0. The number of hydrogen-bond acceptors (Lipinski definition) is 5. The van der Waals surface area contributed by atoms with Gasteiger partial charge >= 0.3 is 0 Å². The average Bonchev–Trinajstić information content (AvgIpc) is 3.19. The summed E-state index contributed by atoms with van der Waals surface area (Å²) in [7, 11) is -3.13. The Kier molecular flexibility index (Phi) is 4.62. The summed E-state index contributed by atoms with van der Waals surface area (Å²) in [6.45, 7) is 1.36. The van der Waals surface area contributed by atoms with Crippen molar-refractivity contribution in [2.45, 2.75) is 25.2 Å². The van der Waals surface area contributed by atoms with Crippen LogP contribution < -0.4 is 0 Å². The van der Waals surface area contributed by atoms with Crippen LogP contribution in [0, 0.1) is 11.7 Å². The number of benzene rings is 1. The van der Waals surface area contributed by atoms with E-state index >= 15 is 0 Å². The predicted molar refractivity (Wildman–Crippen MR) is 94.2 cm³/mol. The van der Waals surface area contributed by atoms with Gasteiger partial charge in [-0.15, -0.1) is 0 Å². The van der Waals surface area contributed by atoms with Crippen LogP contribution >= 0.6 is 0 Å². The fraction of sp³-hybridized carbons (Fsp3) is 0.444. The first-order valence-corrected chi connectivity index (χ1v) is 10.4. The Morgan fingerprint density at radius 2 is 2.08 bits per heavy atom. The Balaban J connectivity index is 1.68. The molecular formula is C18H20FN3O3S. The summed E-state index contributed by atoms with van der Waals surface area (Å²) >= 11 is 0. The largest absolute Gasteiger partial charge is 0.381 e. The lowest BCUT2D eigenvalue weighted by Gasteiger charge is -2.18. The van der Waals surface area contributed by atoms with Crippen LogP contribution in [0.3, 0.4) is 0 Å². The monoisotopic (exact) mass is 377 g/mol. The molecule has 26 heavy (non-hydrogen) atoms. The zero-order chi connectivity index (χ0) is 18.1. The second-order valence-electron chi connectivity index (χ2n) is 6.79. The van der Waals surface area contributed by atoms with E-state index in [0.717, 1.165) is 18.7 Å². The van der Waals surface area contributed by atoms with Crippen molar-refractivity contribution in [3.8, 4) is 5.69 Å². The smallest absolute Gasteiger partial charge is 0.171 e. The molecule has 8 heteroatoms. The number of nitrogens with zero attached hydrogens (tertiary/aromatic N) is 3. The minimum atomic E-state index is -3.13. The van der Waals surface area contributed by atoms with E-state index in [4.69, 9.17) is 9.72 Å². The van der Waals surface area contributed by atoms with Crippen molar-refractivity contribution in [1.82, 2.24) is 14.8 Å². The summed E-state index contributed by atoms with van der Waals surface area (Å²) in [5.74, 6) is 1.18. The van der Waals surface area contributed by atoms with Crippen molar-refractivity contribution in [3.05, 3.63) is 53.2 Å². The minimum Gasteiger partial charge on any atom is -0.381 e. The van der Waals surface area contributed by atoms with Crippen molar-refractivity contribution in [1.29, 1.82) is 0 Å². The van der Waals surface area contributed by atoms with Gasteiger partial charge in [-0.1, -0.05) is 12.1 Å². The maximum atomic E-state index is 13.7.